The zero-order valence-electron chi connectivity index (χ0n) is 12.3. The summed E-state index contributed by atoms with van der Waals surface area (Å²) in [5.41, 5.74) is 1.05. The van der Waals surface area contributed by atoms with Gasteiger partial charge in [-0.15, -0.1) is 0 Å². The van der Waals surface area contributed by atoms with Crippen LogP contribution in [0.15, 0.2) is 46.2 Å². The topological polar surface area (TPSA) is 35.5 Å². The van der Waals surface area contributed by atoms with E-state index < -0.39 is 0 Å². The van der Waals surface area contributed by atoms with E-state index in [1.54, 1.807) is 6.07 Å². The number of ether oxygens (including phenoxy) is 2. The first kappa shape index (κ1) is 14.9. The minimum atomic E-state index is -0.285. The molecule has 1 aliphatic rings. The van der Waals surface area contributed by atoms with Gasteiger partial charge in [0, 0.05) is 12.8 Å². The summed E-state index contributed by atoms with van der Waals surface area (Å²) in [5, 5.41) is 0. The minimum absolute atomic E-state index is 0.0868. The van der Waals surface area contributed by atoms with Crippen molar-refractivity contribution in [3.8, 4) is 11.5 Å². The predicted molar refractivity (Wildman–Crippen MR) is 82.1 cm³/mol. The fourth-order valence-corrected chi connectivity index (χ4v) is 3.24. The molecule has 1 aliphatic heterocycles. The third-order valence-corrected chi connectivity index (χ3v) is 4.50. The van der Waals surface area contributed by atoms with Crippen molar-refractivity contribution in [2.24, 2.45) is 0 Å². The monoisotopic (exact) mass is 318 g/mol. The van der Waals surface area contributed by atoms with Gasteiger partial charge >= 0.3 is 5.97 Å². The van der Waals surface area contributed by atoms with Crippen LogP contribution < -0.4 is 4.74 Å². The van der Waals surface area contributed by atoms with Gasteiger partial charge in [-0.1, -0.05) is 24.8 Å². The van der Waals surface area contributed by atoms with Crippen LogP contribution in [-0.2, 0) is 9.53 Å². The van der Waals surface area contributed by atoms with Gasteiger partial charge in [0.05, 0.1) is 16.4 Å². The van der Waals surface area contributed by atoms with Gasteiger partial charge in [0.25, 0.3) is 0 Å². The molecule has 0 fully saturated rings. The highest BCUT2D eigenvalue weighted by molar-refractivity contribution is 7.99. The van der Waals surface area contributed by atoms with Crippen molar-refractivity contribution < 1.29 is 18.7 Å². The molecule has 0 saturated carbocycles. The SMILES string of the molecule is CC(=O)OCC(C)c1ccc2c(c1)Sc1cc(F)ccc1O2. The van der Waals surface area contributed by atoms with E-state index in [1.165, 1.54) is 30.8 Å². The van der Waals surface area contributed by atoms with Crippen LogP contribution in [0.5, 0.6) is 11.5 Å². The molecular weight excluding hydrogens is 303 g/mol. The molecule has 1 heterocycles. The summed E-state index contributed by atoms with van der Waals surface area (Å²) >= 11 is 1.48. The van der Waals surface area contributed by atoms with Crippen LogP contribution in [0.4, 0.5) is 4.39 Å². The smallest absolute Gasteiger partial charge is 0.302 e. The molecule has 0 N–H and O–H groups in total. The van der Waals surface area contributed by atoms with Gasteiger partial charge in [-0.2, -0.15) is 0 Å². The van der Waals surface area contributed by atoms with Gasteiger partial charge in [-0.25, -0.2) is 4.39 Å². The summed E-state index contributed by atoms with van der Waals surface area (Å²) < 4.78 is 24.2. The van der Waals surface area contributed by atoms with Gasteiger partial charge in [0.2, 0.25) is 0 Å². The number of benzene rings is 2. The first-order chi connectivity index (χ1) is 10.5. The van der Waals surface area contributed by atoms with E-state index in [-0.39, 0.29) is 17.7 Å². The molecule has 5 heteroatoms. The molecule has 2 aromatic carbocycles. The number of rotatable bonds is 3. The van der Waals surface area contributed by atoms with Crippen molar-refractivity contribution in [3.05, 3.63) is 47.8 Å². The van der Waals surface area contributed by atoms with Gasteiger partial charge < -0.3 is 9.47 Å². The van der Waals surface area contributed by atoms with E-state index in [9.17, 15) is 9.18 Å². The summed E-state index contributed by atoms with van der Waals surface area (Å²) in [6.45, 7) is 3.73. The molecule has 0 radical (unpaired) electrons. The maximum Gasteiger partial charge on any atom is 0.302 e. The Morgan fingerprint density at radius 2 is 1.91 bits per heavy atom. The van der Waals surface area contributed by atoms with Gasteiger partial charge in [-0.3, -0.25) is 4.79 Å². The van der Waals surface area contributed by atoms with Crippen molar-refractivity contribution in [2.75, 3.05) is 6.61 Å². The Bertz CT molecular complexity index is 730. The quantitative estimate of drug-likeness (QED) is 0.653. The fourth-order valence-electron chi connectivity index (χ4n) is 2.22. The van der Waals surface area contributed by atoms with Crippen LogP contribution in [0.1, 0.15) is 25.3 Å². The molecule has 1 unspecified atom stereocenters. The molecule has 0 amide bonds. The maximum atomic E-state index is 13.3. The lowest BCUT2D eigenvalue weighted by Crippen LogP contribution is -2.08. The molecule has 0 spiro atoms. The Hall–Kier alpha value is -2.01. The molecule has 1 atom stereocenters. The molecule has 0 saturated heterocycles. The second kappa shape index (κ2) is 6.01. The Morgan fingerprint density at radius 1 is 1.23 bits per heavy atom. The largest absolute Gasteiger partial charge is 0.465 e. The van der Waals surface area contributed by atoms with Crippen LogP contribution >= 0.6 is 11.8 Å². The molecule has 0 bridgehead atoms. The minimum Gasteiger partial charge on any atom is -0.465 e. The summed E-state index contributed by atoms with van der Waals surface area (Å²) in [4.78, 5) is 12.6. The van der Waals surface area contributed by atoms with Crippen LogP contribution in [0, 0.1) is 5.82 Å². The van der Waals surface area contributed by atoms with E-state index in [0.29, 0.717) is 12.4 Å². The van der Waals surface area contributed by atoms with Crippen LogP contribution in [-0.4, -0.2) is 12.6 Å². The highest BCUT2D eigenvalue weighted by Gasteiger charge is 2.20. The maximum absolute atomic E-state index is 13.3. The molecular formula is C17H15FO3S. The fraction of sp³-hybridized carbons (Fsp3) is 0.235. The Balaban J connectivity index is 1.83. The van der Waals surface area contributed by atoms with Crippen molar-refractivity contribution in [1.29, 1.82) is 0 Å². The summed E-state index contributed by atoms with van der Waals surface area (Å²) in [6, 6.07) is 10.4. The second-order valence-electron chi connectivity index (χ2n) is 5.20. The van der Waals surface area contributed by atoms with E-state index in [2.05, 4.69) is 0 Å². The van der Waals surface area contributed by atoms with Gasteiger partial charge in [0.1, 0.15) is 17.3 Å². The molecule has 2 aromatic rings. The lowest BCUT2D eigenvalue weighted by molar-refractivity contribution is -0.141. The van der Waals surface area contributed by atoms with Gasteiger partial charge in [0.15, 0.2) is 0 Å². The van der Waals surface area contributed by atoms with Crippen LogP contribution in [0.2, 0.25) is 0 Å². The van der Waals surface area contributed by atoms with Crippen LogP contribution in [0.3, 0.4) is 0 Å². The summed E-state index contributed by atoms with van der Waals surface area (Å²) in [5.74, 6) is 0.945. The first-order valence-electron chi connectivity index (χ1n) is 6.95. The van der Waals surface area contributed by atoms with Crippen molar-refractivity contribution in [1.82, 2.24) is 0 Å². The lowest BCUT2D eigenvalue weighted by Gasteiger charge is -2.21. The van der Waals surface area contributed by atoms with Crippen LogP contribution in [0.25, 0.3) is 0 Å². The number of hydrogen-bond acceptors (Lipinski definition) is 4. The zero-order valence-corrected chi connectivity index (χ0v) is 13.1. The molecule has 3 nitrogen and oxygen atoms in total. The zero-order chi connectivity index (χ0) is 15.7. The normalized spacial score (nSPS) is 13.6. The Kier molecular flexibility index (Phi) is 4.07. The summed E-state index contributed by atoms with van der Waals surface area (Å²) in [7, 11) is 0. The third-order valence-electron chi connectivity index (χ3n) is 3.42. The average molecular weight is 318 g/mol. The highest BCUT2D eigenvalue weighted by Crippen LogP contribution is 2.47. The van der Waals surface area contributed by atoms with E-state index in [1.807, 2.05) is 25.1 Å². The second-order valence-corrected chi connectivity index (χ2v) is 6.29. The standard InChI is InChI=1S/C17H15FO3S/c1-10(9-20-11(2)19)12-3-5-14-16(7-12)22-17-8-13(18)4-6-15(17)21-14/h3-8,10H,9H2,1-2H3. The van der Waals surface area contributed by atoms with Crippen molar-refractivity contribution in [3.63, 3.8) is 0 Å². The molecule has 22 heavy (non-hydrogen) atoms. The highest BCUT2D eigenvalue weighted by atomic mass is 32.2. The first-order valence-corrected chi connectivity index (χ1v) is 7.77. The van der Waals surface area contributed by atoms with Crippen molar-refractivity contribution in [2.45, 2.75) is 29.6 Å². The molecule has 0 aliphatic carbocycles. The third kappa shape index (κ3) is 3.09. The molecule has 3 rings (SSSR count). The van der Waals surface area contributed by atoms with Gasteiger partial charge in [-0.05, 0) is 35.9 Å². The number of carbonyl (C=O) groups excluding carboxylic acids is 1. The van der Waals surface area contributed by atoms with E-state index in [0.717, 1.165) is 21.1 Å². The summed E-state index contributed by atoms with van der Waals surface area (Å²) in [6.07, 6.45) is 0. The number of esters is 1. The number of halogens is 1. The van der Waals surface area contributed by atoms with E-state index >= 15 is 0 Å². The van der Waals surface area contributed by atoms with E-state index in [4.69, 9.17) is 9.47 Å². The molecule has 114 valence electrons. The lowest BCUT2D eigenvalue weighted by atomic mass is 10.0. The Labute approximate surface area is 132 Å². The average Bonchev–Trinajstić information content (AvgIpc) is 2.50. The Morgan fingerprint density at radius 3 is 2.64 bits per heavy atom. The predicted octanol–water partition coefficient (Wildman–Crippen LogP) is 4.75. The number of fused-ring (bicyclic) bond motifs is 2. The number of carbonyl (C=O) groups is 1. The van der Waals surface area contributed by atoms with Crippen molar-refractivity contribution >= 4 is 17.7 Å². The molecule has 0 aromatic heterocycles. The number of hydrogen-bond donors (Lipinski definition) is 0.